The zero-order valence-corrected chi connectivity index (χ0v) is 20.1. The number of allylic oxidation sites excluding steroid dienone is 1. The number of hydrogen-bond acceptors (Lipinski definition) is 7. The van der Waals surface area contributed by atoms with Gasteiger partial charge in [-0.2, -0.15) is 0 Å². The predicted octanol–water partition coefficient (Wildman–Crippen LogP) is 4.47. The van der Waals surface area contributed by atoms with Crippen LogP contribution in [0.5, 0.6) is 11.5 Å². The number of aryl methyl sites for hydroxylation is 1. The number of benzene rings is 2. The van der Waals surface area contributed by atoms with Crippen LogP contribution in [0.4, 0.5) is 16.2 Å². The molecule has 9 heteroatoms. The molecule has 35 heavy (non-hydrogen) atoms. The maximum atomic E-state index is 12.9. The highest BCUT2D eigenvalue weighted by atomic mass is 16.3. The van der Waals surface area contributed by atoms with Gasteiger partial charge in [-0.1, -0.05) is 24.8 Å². The predicted molar refractivity (Wildman–Crippen MR) is 138 cm³/mol. The number of nitrogens with one attached hydrogen (secondary N) is 3. The topological polar surface area (TPSA) is 124 Å². The molecule has 1 saturated heterocycles. The SMILES string of the molecule is C=C(/N=C1/NC(=O)N(c2c(O)cccc2O)C(=N)/C1=C/C)Nc1ccc2c(c1)C(N(C)C)CCC2. The molecular formula is C26H30N6O3. The van der Waals surface area contributed by atoms with Gasteiger partial charge in [0.15, 0.2) is 0 Å². The van der Waals surface area contributed by atoms with Crippen molar-refractivity contribution < 1.29 is 15.0 Å². The second-order valence-corrected chi connectivity index (χ2v) is 8.78. The Hall–Kier alpha value is -4.11. The minimum absolute atomic E-state index is 0.148. The van der Waals surface area contributed by atoms with Crippen LogP contribution in [-0.4, -0.2) is 46.9 Å². The number of anilines is 2. The molecule has 0 bridgehead atoms. The summed E-state index contributed by atoms with van der Waals surface area (Å²) in [4.78, 5) is 20.4. The Morgan fingerprint density at radius 2 is 2.00 bits per heavy atom. The van der Waals surface area contributed by atoms with Gasteiger partial charge in [0.25, 0.3) is 0 Å². The van der Waals surface area contributed by atoms with E-state index in [4.69, 9.17) is 5.41 Å². The van der Waals surface area contributed by atoms with Gasteiger partial charge in [-0.15, -0.1) is 0 Å². The van der Waals surface area contributed by atoms with Gasteiger partial charge in [-0.05, 0) is 75.7 Å². The Balaban J connectivity index is 1.58. The molecule has 0 spiro atoms. The summed E-state index contributed by atoms with van der Waals surface area (Å²) in [7, 11) is 4.17. The molecule has 182 valence electrons. The molecule has 5 N–H and O–H groups in total. The number of phenols is 2. The number of hydrogen-bond donors (Lipinski definition) is 5. The maximum Gasteiger partial charge on any atom is 0.333 e. The normalized spacial score (nSPS) is 20.2. The minimum Gasteiger partial charge on any atom is -0.506 e. The molecule has 2 aliphatic rings. The van der Waals surface area contributed by atoms with Gasteiger partial charge in [0.2, 0.25) is 0 Å². The number of urea groups is 1. The van der Waals surface area contributed by atoms with Crippen LogP contribution in [0, 0.1) is 5.41 Å². The molecule has 1 atom stereocenters. The van der Waals surface area contributed by atoms with Gasteiger partial charge in [0.05, 0.1) is 5.57 Å². The van der Waals surface area contributed by atoms with Gasteiger partial charge in [-0.25, -0.2) is 14.7 Å². The van der Waals surface area contributed by atoms with E-state index in [1.807, 2.05) is 6.07 Å². The number of amidine groups is 2. The zero-order valence-electron chi connectivity index (χ0n) is 20.1. The van der Waals surface area contributed by atoms with Crippen LogP contribution in [0.1, 0.15) is 36.9 Å². The summed E-state index contributed by atoms with van der Waals surface area (Å²) in [6.07, 6.45) is 4.95. The second kappa shape index (κ2) is 9.63. The highest BCUT2D eigenvalue weighted by Crippen LogP contribution is 2.38. The average molecular weight is 475 g/mol. The number of amides is 2. The molecule has 1 heterocycles. The van der Waals surface area contributed by atoms with Crippen molar-refractivity contribution in [2.24, 2.45) is 4.99 Å². The first-order valence-electron chi connectivity index (χ1n) is 11.4. The second-order valence-electron chi connectivity index (χ2n) is 8.78. The zero-order chi connectivity index (χ0) is 25.3. The number of rotatable bonds is 5. The van der Waals surface area contributed by atoms with Crippen LogP contribution in [0.15, 0.2) is 65.4 Å². The number of aromatic hydroxyl groups is 2. The molecule has 1 unspecified atom stereocenters. The minimum atomic E-state index is -0.730. The van der Waals surface area contributed by atoms with Crippen molar-refractivity contribution in [1.82, 2.24) is 10.2 Å². The molecule has 2 amide bonds. The Labute approximate surface area is 204 Å². The third kappa shape index (κ3) is 4.63. The summed E-state index contributed by atoms with van der Waals surface area (Å²) >= 11 is 0. The quantitative estimate of drug-likeness (QED) is 0.437. The summed E-state index contributed by atoms with van der Waals surface area (Å²) in [6, 6.07) is 9.96. The van der Waals surface area contributed by atoms with Crippen molar-refractivity contribution in [3.8, 4) is 11.5 Å². The van der Waals surface area contributed by atoms with Crippen molar-refractivity contribution in [3.63, 3.8) is 0 Å². The number of nitrogens with zero attached hydrogens (tertiary/aromatic N) is 3. The van der Waals surface area contributed by atoms with E-state index in [2.05, 4.69) is 53.3 Å². The Morgan fingerprint density at radius 3 is 2.66 bits per heavy atom. The van der Waals surface area contributed by atoms with Gasteiger partial charge < -0.3 is 20.4 Å². The number of aliphatic imine (C=N–C) groups is 1. The molecule has 2 aromatic rings. The lowest BCUT2D eigenvalue weighted by Crippen LogP contribution is -2.54. The molecule has 9 nitrogen and oxygen atoms in total. The van der Waals surface area contributed by atoms with Crippen molar-refractivity contribution in [1.29, 1.82) is 5.41 Å². The molecule has 0 saturated carbocycles. The number of para-hydroxylation sites is 1. The van der Waals surface area contributed by atoms with Crippen LogP contribution in [0.25, 0.3) is 0 Å². The fraction of sp³-hybridized carbons (Fsp3) is 0.269. The summed E-state index contributed by atoms with van der Waals surface area (Å²) in [5.74, 6) is -0.438. The first-order chi connectivity index (χ1) is 16.7. The maximum absolute atomic E-state index is 12.9. The van der Waals surface area contributed by atoms with E-state index < -0.39 is 6.03 Å². The lowest BCUT2D eigenvalue weighted by molar-refractivity contribution is 0.252. The number of carbonyl (C=O) groups excluding carboxylic acids is 1. The third-order valence-electron chi connectivity index (χ3n) is 6.26. The lowest BCUT2D eigenvalue weighted by atomic mass is 9.87. The van der Waals surface area contributed by atoms with Crippen LogP contribution in [0.2, 0.25) is 0 Å². The van der Waals surface area contributed by atoms with Crippen LogP contribution < -0.4 is 15.5 Å². The molecule has 0 radical (unpaired) electrons. The van der Waals surface area contributed by atoms with Crippen LogP contribution in [-0.2, 0) is 6.42 Å². The number of carbonyl (C=O) groups is 1. The van der Waals surface area contributed by atoms with E-state index >= 15 is 0 Å². The highest BCUT2D eigenvalue weighted by Gasteiger charge is 2.35. The molecule has 1 aliphatic carbocycles. The summed E-state index contributed by atoms with van der Waals surface area (Å²) < 4.78 is 0. The van der Waals surface area contributed by atoms with E-state index in [1.165, 1.54) is 29.3 Å². The smallest absolute Gasteiger partial charge is 0.333 e. The van der Waals surface area contributed by atoms with Crippen molar-refractivity contribution in [3.05, 3.63) is 71.6 Å². The van der Waals surface area contributed by atoms with Crippen molar-refractivity contribution in [2.45, 2.75) is 32.2 Å². The number of fused-ring (bicyclic) bond motifs is 1. The van der Waals surface area contributed by atoms with Gasteiger partial charge >= 0.3 is 6.03 Å². The van der Waals surface area contributed by atoms with Crippen molar-refractivity contribution in [2.75, 3.05) is 24.3 Å². The van der Waals surface area contributed by atoms with Crippen LogP contribution in [0.3, 0.4) is 0 Å². The molecule has 2 aromatic carbocycles. The van der Waals surface area contributed by atoms with E-state index in [0.29, 0.717) is 17.4 Å². The molecule has 4 rings (SSSR count). The Morgan fingerprint density at radius 1 is 1.29 bits per heavy atom. The Kier molecular flexibility index (Phi) is 6.61. The van der Waals surface area contributed by atoms with E-state index in [9.17, 15) is 15.0 Å². The van der Waals surface area contributed by atoms with Crippen LogP contribution >= 0.6 is 0 Å². The van der Waals surface area contributed by atoms with E-state index in [1.54, 1.807) is 13.0 Å². The van der Waals surface area contributed by atoms with Crippen molar-refractivity contribution >= 4 is 29.1 Å². The largest absolute Gasteiger partial charge is 0.506 e. The molecule has 1 aliphatic heterocycles. The number of phenolic OH excluding ortho intramolecular Hbond substituents is 2. The fourth-order valence-corrected chi connectivity index (χ4v) is 4.60. The van der Waals surface area contributed by atoms with Gasteiger partial charge in [0, 0.05) is 11.7 Å². The Bertz CT molecular complexity index is 1240. The standard InChI is InChI=1S/C26H30N6O3/c1-5-18-24(27)32(23-21(33)10-7-11-22(23)34)26(35)30-25(18)29-15(2)28-17-13-12-16-8-6-9-20(31(3)4)19(16)14-17/h5,7,10-14,20,27-28,33-34H,2,6,8-9H2,1,3-4H3,(H,29,30,35)/b18-5-,27-24?. The third-order valence-corrected chi connectivity index (χ3v) is 6.26. The van der Waals surface area contributed by atoms with E-state index in [0.717, 1.165) is 29.8 Å². The first-order valence-corrected chi connectivity index (χ1v) is 11.4. The fourth-order valence-electron chi connectivity index (χ4n) is 4.60. The lowest BCUT2D eigenvalue weighted by Gasteiger charge is -2.31. The summed E-state index contributed by atoms with van der Waals surface area (Å²) in [5, 5.41) is 34.8. The van der Waals surface area contributed by atoms with Gasteiger partial charge in [-0.3, -0.25) is 10.7 Å². The first kappa shape index (κ1) is 24.0. The van der Waals surface area contributed by atoms with Gasteiger partial charge in [0.1, 0.15) is 34.7 Å². The highest BCUT2D eigenvalue weighted by molar-refractivity contribution is 6.40. The average Bonchev–Trinajstić information content (AvgIpc) is 2.80. The summed E-state index contributed by atoms with van der Waals surface area (Å²) in [6.45, 7) is 5.69. The summed E-state index contributed by atoms with van der Waals surface area (Å²) in [5.41, 5.74) is 3.61. The molecular weight excluding hydrogens is 444 g/mol. The molecule has 0 aromatic heterocycles. The van der Waals surface area contributed by atoms with E-state index in [-0.39, 0.29) is 28.9 Å². The monoisotopic (exact) mass is 474 g/mol. The molecule has 1 fully saturated rings.